The van der Waals surface area contributed by atoms with E-state index in [0.29, 0.717) is 9.35 Å². The molecule has 1 rings (SSSR count). The number of hydrogen-bond acceptors (Lipinski definition) is 1. The molecule has 0 aromatic carbocycles. The van der Waals surface area contributed by atoms with Crippen LogP contribution in [0.2, 0.25) is 0 Å². The molecule has 80 valence electrons. The summed E-state index contributed by atoms with van der Waals surface area (Å²) < 4.78 is 37.5. The quantitative estimate of drug-likeness (QED) is 0.601. The van der Waals surface area contributed by atoms with Crippen LogP contribution in [-0.4, -0.2) is 6.18 Å². The molecule has 7 heteroatoms. The van der Waals surface area contributed by atoms with Gasteiger partial charge in [0, 0.05) is 0 Å². The van der Waals surface area contributed by atoms with Crippen molar-refractivity contribution in [2.45, 2.75) is 18.0 Å². The molecule has 1 aromatic heterocycles. The molecular weight excluding hydrogens is 368 g/mol. The Morgan fingerprint density at radius 1 is 1.43 bits per heavy atom. The second-order valence-corrected chi connectivity index (χ2v) is 6.84. The molecule has 1 atom stereocenters. The van der Waals surface area contributed by atoms with Crippen molar-refractivity contribution in [3.8, 4) is 0 Å². The van der Waals surface area contributed by atoms with Crippen LogP contribution in [0.5, 0.6) is 0 Å². The third-order valence-corrected chi connectivity index (χ3v) is 4.21. The SMILES string of the molecule is FC(F)(F)CC(Cl)c1cc(Br)sc1Br. The molecule has 1 unspecified atom stereocenters. The van der Waals surface area contributed by atoms with Gasteiger partial charge < -0.3 is 0 Å². The summed E-state index contributed by atoms with van der Waals surface area (Å²) >= 11 is 13.3. The van der Waals surface area contributed by atoms with Crippen molar-refractivity contribution in [3.05, 3.63) is 19.2 Å². The van der Waals surface area contributed by atoms with E-state index in [1.54, 1.807) is 6.07 Å². The summed E-state index contributed by atoms with van der Waals surface area (Å²) in [5.41, 5.74) is 0.473. The molecule has 0 aliphatic rings. The van der Waals surface area contributed by atoms with Crippen molar-refractivity contribution in [1.29, 1.82) is 0 Å². The van der Waals surface area contributed by atoms with Gasteiger partial charge in [-0.1, -0.05) is 0 Å². The molecule has 0 saturated carbocycles. The molecule has 0 nitrogen and oxygen atoms in total. The van der Waals surface area contributed by atoms with E-state index in [0.717, 1.165) is 3.79 Å². The maximum absolute atomic E-state index is 12.0. The fourth-order valence-corrected chi connectivity index (χ4v) is 4.40. The van der Waals surface area contributed by atoms with Crippen molar-refractivity contribution in [2.75, 3.05) is 0 Å². The summed E-state index contributed by atoms with van der Waals surface area (Å²) in [6, 6.07) is 1.60. The fourth-order valence-electron chi connectivity index (χ4n) is 0.880. The van der Waals surface area contributed by atoms with Crippen molar-refractivity contribution in [3.63, 3.8) is 0 Å². The summed E-state index contributed by atoms with van der Waals surface area (Å²) in [6.45, 7) is 0. The largest absolute Gasteiger partial charge is 0.390 e. The van der Waals surface area contributed by atoms with Crippen LogP contribution in [-0.2, 0) is 0 Å². The lowest BCUT2D eigenvalue weighted by molar-refractivity contribution is -0.134. The Kier molecular flexibility index (Phi) is 4.32. The molecule has 1 heterocycles. The van der Waals surface area contributed by atoms with Crippen molar-refractivity contribution >= 4 is 54.8 Å². The van der Waals surface area contributed by atoms with E-state index in [9.17, 15) is 13.2 Å². The van der Waals surface area contributed by atoms with Crippen molar-refractivity contribution in [1.82, 2.24) is 0 Å². The average Bonchev–Trinajstić information content (AvgIpc) is 2.26. The summed E-state index contributed by atoms with van der Waals surface area (Å²) in [6.07, 6.45) is -5.25. The zero-order valence-corrected chi connectivity index (χ0v) is 11.3. The number of alkyl halides is 4. The Morgan fingerprint density at radius 2 is 2.00 bits per heavy atom. The summed E-state index contributed by atoms with van der Waals surface area (Å²) in [4.78, 5) is 0. The van der Waals surface area contributed by atoms with Gasteiger partial charge in [-0.15, -0.1) is 22.9 Å². The van der Waals surface area contributed by atoms with Crippen LogP contribution >= 0.6 is 54.8 Å². The van der Waals surface area contributed by atoms with Gasteiger partial charge in [-0.05, 0) is 43.5 Å². The summed E-state index contributed by atoms with van der Waals surface area (Å²) in [5, 5.41) is -1.04. The summed E-state index contributed by atoms with van der Waals surface area (Å²) in [5.74, 6) is 0. The van der Waals surface area contributed by atoms with Crippen LogP contribution in [0.4, 0.5) is 13.2 Å². The molecule has 0 bridgehead atoms. The van der Waals surface area contributed by atoms with Gasteiger partial charge in [0.05, 0.1) is 19.4 Å². The third kappa shape index (κ3) is 3.72. The van der Waals surface area contributed by atoms with Crippen LogP contribution in [0.15, 0.2) is 13.6 Å². The van der Waals surface area contributed by atoms with Gasteiger partial charge in [-0.3, -0.25) is 0 Å². The van der Waals surface area contributed by atoms with Gasteiger partial charge in [0.25, 0.3) is 0 Å². The van der Waals surface area contributed by atoms with Gasteiger partial charge >= 0.3 is 6.18 Å². The highest BCUT2D eigenvalue weighted by molar-refractivity contribution is 9.12. The minimum atomic E-state index is -4.24. The molecule has 0 saturated heterocycles. The van der Waals surface area contributed by atoms with Crippen LogP contribution in [0.1, 0.15) is 17.4 Å². The van der Waals surface area contributed by atoms with Crippen molar-refractivity contribution in [2.24, 2.45) is 0 Å². The normalized spacial score (nSPS) is 14.4. The van der Waals surface area contributed by atoms with E-state index in [-0.39, 0.29) is 0 Å². The monoisotopic (exact) mass is 370 g/mol. The third-order valence-electron chi connectivity index (χ3n) is 1.43. The first-order valence-electron chi connectivity index (χ1n) is 3.45. The van der Waals surface area contributed by atoms with Gasteiger partial charge in [0.2, 0.25) is 0 Å². The first kappa shape index (κ1) is 12.8. The highest BCUT2D eigenvalue weighted by Gasteiger charge is 2.32. The first-order chi connectivity index (χ1) is 6.29. The lowest BCUT2D eigenvalue weighted by atomic mass is 10.2. The average molecular weight is 372 g/mol. The molecule has 0 spiro atoms. The molecular formula is C7H4Br2ClF3S. The van der Waals surface area contributed by atoms with Gasteiger partial charge in [-0.2, -0.15) is 13.2 Å². The lowest BCUT2D eigenvalue weighted by Gasteiger charge is -2.11. The Balaban J connectivity index is 2.79. The van der Waals surface area contributed by atoms with E-state index in [1.165, 1.54) is 11.3 Å². The molecule has 0 N–H and O–H groups in total. The zero-order valence-electron chi connectivity index (χ0n) is 6.54. The molecule has 1 aromatic rings. The number of thiophene rings is 1. The fraction of sp³-hybridized carbons (Fsp3) is 0.429. The molecule has 0 fully saturated rings. The predicted molar refractivity (Wildman–Crippen MR) is 59.0 cm³/mol. The van der Waals surface area contributed by atoms with Gasteiger partial charge in [0.1, 0.15) is 0 Å². The second kappa shape index (κ2) is 4.72. The molecule has 0 radical (unpaired) electrons. The maximum atomic E-state index is 12.0. The highest BCUT2D eigenvalue weighted by Crippen LogP contribution is 2.42. The van der Waals surface area contributed by atoms with E-state index >= 15 is 0 Å². The summed E-state index contributed by atoms with van der Waals surface area (Å²) in [7, 11) is 0. The zero-order chi connectivity index (χ0) is 10.9. The smallest absolute Gasteiger partial charge is 0.171 e. The lowest BCUT2D eigenvalue weighted by Crippen LogP contribution is -2.10. The molecule has 14 heavy (non-hydrogen) atoms. The Bertz CT molecular complexity index is 323. The molecule has 0 amide bonds. The number of halogens is 6. The standard InChI is InChI=1S/C7H4Br2ClF3S/c8-5-1-3(6(9)14-5)4(10)2-7(11,12)13/h1,4H,2H2. The van der Waals surface area contributed by atoms with Crippen LogP contribution in [0.3, 0.4) is 0 Å². The predicted octanol–water partition coefficient (Wildman–Crippen LogP) is 5.51. The van der Waals surface area contributed by atoms with E-state index in [2.05, 4.69) is 31.9 Å². The van der Waals surface area contributed by atoms with E-state index < -0.39 is 18.0 Å². The topological polar surface area (TPSA) is 0 Å². The van der Waals surface area contributed by atoms with Crippen LogP contribution in [0.25, 0.3) is 0 Å². The van der Waals surface area contributed by atoms with Gasteiger partial charge in [0.15, 0.2) is 0 Å². The number of hydrogen-bond donors (Lipinski definition) is 0. The highest BCUT2D eigenvalue weighted by atomic mass is 79.9. The van der Waals surface area contributed by atoms with Crippen LogP contribution in [0, 0.1) is 0 Å². The second-order valence-electron chi connectivity index (χ2n) is 2.57. The minimum Gasteiger partial charge on any atom is -0.171 e. The number of rotatable bonds is 2. The van der Waals surface area contributed by atoms with E-state index in [4.69, 9.17) is 11.6 Å². The van der Waals surface area contributed by atoms with Crippen molar-refractivity contribution < 1.29 is 13.2 Å². The Hall–Kier alpha value is 0.740. The maximum Gasteiger partial charge on any atom is 0.390 e. The molecule has 0 aliphatic carbocycles. The van der Waals surface area contributed by atoms with E-state index in [1.807, 2.05) is 0 Å². The molecule has 0 aliphatic heterocycles. The van der Waals surface area contributed by atoms with Gasteiger partial charge in [-0.25, -0.2) is 0 Å². The Morgan fingerprint density at radius 3 is 2.36 bits per heavy atom. The Labute approximate surface area is 105 Å². The van der Waals surface area contributed by atoms with Crippen LogP contribution < -0.4 is 0 Å². The first-order valence-corrected chi connectivity index (χ1v) is 6.29. The minimum absolute atomic E-state index is 0.473.